The summed E-state index contributed by atoms with van der Waals surface area (Å²) >= 11 is 1.66. The molecule has 0 saturated carbocycles. The first kappa shape index (κ1) is 18.3. The van der Waals surface area contributed by atoms with Crippen molar-refractivity contribution in [3.8, 4) is 28.1 Å². The second-order valence-electron chi connectivity index (χ2n) is 6.54. The zero-order chi connectivity index (χ0) is 19.8. The standard InChI is InChI=1S/C21H20N4O2S/c1-24-12-18(16-7-14(28-4)5-6-20(16)27-3)15-8-19(13-9-23-25(2)11-13)22-10-17(15)21(24)26/h5-12H,1-4H3. The largest absolute Gasteiger partial charge is 0.496 e. The van der Waals surface area contributed by atoms with Crippen molar-refractivity contribution in [2.24, 2.45) is 14.1 Å². The van der Waals surface area contributed by atoms with E-state index in [1.54, 1.807) is 47.6 Å². The van der Waals surface area contributed by atoms with E-state index in [0.29, 0.717) is 5.39 Å². The molecular formula is C21H20N4O2S. The van der Waals surface area contributed by atoms with Crippen LogP contribution in [0.1, 0.15) is 0 Å². The van der Waals surface area contributed by atoms with Crippen molar-refractivity contribution in [3.05, 3.63) is 59.4 Å². The monoisotopic (exact) mass is 392 g/mol. The maximum absolute atomic E-state index is 12.7. The first-order chi connectivity index (χ1) is 13.5. The van der Waals surface area contributed by atoms with Crippen LogP contribution in [0, 0.1) is 0 Å². The van der Waals surface area contributed by atoms with Crippen LogP contribution in [-0.4, -0.2) is 32.7 Å². The summed E-state index contributed by atoms with van der Waals surface area (Å²) in [5, 5.41) is 5.64. The quantitative estimate of drug-likeness (QED) is 0.495. The SMILES string of the molecule is COc1ccc(SC)cc1-c1cn(C)c(=O)c2cnc(-c3cnn(C)c3)cc12. The number of aryl methyl sites for hydroxylation is 2. The number of pyridine rings is 2. The van der Waals surface area contributed by atoms with Gasteiger partial charge in [-0.15, -0.1) is 11.8 Å². The normalized spacial score (nSPS) is 11.1. The molecule has 142 valence electrons. The molecule has 0 fully saturated rings. The van der Waals surface area contributed by atoms with Gasteiger partial charge in [-0.1, -0.05) is 0 Å². The minimum absolute atomic E-state index is 0.0797. The van der Waals surface area contributed by atoms with Gasteiger partial charge < -0.3 is 9.30 Å². The molecule has 0 N–H and O–H groups in total. The molecule has 0 aliphatic carbocycles. The van der Waals surface area contributed by atoms with Crippen molar-refractivity contribution >= 4 is 22.5 Å². The molecule has 0 atom stereocenters. The van der Waals surface area contributed by atoms with Gasteiger partial charge in [0.05, 0.1) is 24.4 Å². The Labute approximate surface area is 166 Å². The van der Waals surface area contributed by atoms with Gasteiger partial charge >= 0.3 is 0 Å². The fourth-order valence-corrected chi connectivity index (χ4v) is 3.75. The lowest BCUT2D eigenvalue weighted by Gasteiger charge is -2.14. The fraction of sp³-hybridized carbons (Fsp3) is 0.190. The van der Waals surface area contributed by atoms with Crippen molar-refractivity contribution in [2.75, 3.05) is 13.4 Å². The molecule has 0 aliphatic heterocycles. The molecule has 3 heterocycles. The Bertz CT molecular complexity index is 1240. The molecule has 1 aromatic carbocycles. The van der Waals surface area contributed by atoms with Gasteiger partial charge in [-0.25, -0.2) is 0 Å². The molecule has 7 heteroatoms. The van der Waals surface area contributed by atoms with Crippen LogP contribution >= 0.6 is 11.8 Å². The first-order valence-corrected chi connectivity index (χ1v) is 9.95. The summed E-state index contributed by atoms with van der Waals surface area (Å²) in [6.07, 6.45) is 9.22. The minimum Gasteiger partial charge on any atom is -0.496 e. The van der Waals surface area contributed by atoms with Crippen LogP contribution in [0.5, 0.6) is 5.75 Å². The van der Waals surface area contributed by atoms with E-state index < -0.39 is 0 Å². The Balaban J connectivity index is 2.05. The van der Waals surface area contributed by atoms with Crippen LogP contribution in [-0.2, 0) is 14.1 Å². The highest BCUT2D eigenvalue weighted by Gasteiger charge is 2.15. The predicted molar refractivity (Wildman–Crippen MR) is 113 cm³/mol. The summed E-state index contributed by atoms with van der Waals surface area (Å²) in [5.41, 5.74) is 3.47. The van der Waals surface area contributed by atoms with Crippen LogP contribution in [0.2, 0.25) is 0 Å². The average Bonchev–Trinajstić information content (AvgIpc) is 3.16. The molecular weight excluding hydrogens is 372 g/mol. The van der Waals surface area contributed by atoms with Crippen LogP contribution in [0.25, 0.3) is 33.2 Å². The molecule has 6 nitrogen and oxygen atoms in total. The Kier molecular flexibility index (Phi) is 4.68. The predicted octanol–water partition coefficient (Wildman–Crippen LogP) is 3.73. The summed E-state index contributed by atoms with van der Waals surface area (Å²) in [4.78, 5) is 18.3. The van der Waals surface area contributed by atoms with E-state index in [9.17, 15) is 4.79 Å². The third-order valence-corrected chi connectivity index (χ3v) is 5.49. The lowest BCUT2D eigenvalue weighted by atomic mass is 9.99. The molecule has 4 rings (SSSR count). The number of aromatic nitrogens is 4. The summed E-state index contributed by atoms with van der Waals surface area (Å²) in [6.45, 7) is 0. The van der Waals surface area contributed by atoms with Crippen LogP contribution in [0.4, 0.5) is 0 Å². The van der Waals surface area contributed by atoms with Gasteiger partial charge in [-0.05, 0) is 30.5 Å². The molecule has 0 amide bonds. The zero-order valence-corrected chi connectivity index (χ0v) is 16.9. The summed E-state index contributed by atoms with van der Waals surface area (Å²) < 4.78 is 8.94. The van der Waals surface area contributed by atoms with E-state index in [1.807, 2.05) is 43.9 Å². The van der Waals surface area contributed by atoms with E-state index >= 15 is 0 Å². The van der Waals surface area contributed by atoms with Gasteiger partial charge in [0, 0.05) is 59.7 Å². The molecule has 0 radical (unpaired) electrons. The van der Waals surface area contributed by atoms with Gasteiger partial charge in [-0.2, -0.15) is 5.10 Å². The molecule has 3 aromatic heterocycles. The molecule has 0 spiro atoms. The summed E-state index contributed by atoms with van der Waals surface area (Å²) in [6, 6.07) is 8.03. The fourth-order valence-electron chi connectivity index (χ4n) is 3.31. The highest BCUT2D eigenvalue weighted by Crippen LogP contribution is 2.37. The molecule has 4 aromatic rings. The second kappa shape index (κ2) is 7.16. The van der Waals surface area contributed by atoms with Gasteiger partial charge in [0.2, 0.25) is 0 Å². The van der Waals surface area contributed by atoms with Crippen molar-refractivity contribution in [1.82, 2.24) is 19.3 Å². The molecule has 0 saturated heterocycles. The van der Waals surface area contributed by atoms with Gasteiger partial charge in [0.25, 0.3) is 5.56 Å². The minimum atomic E-state index is -0.0797. The third-order valence-electron chi connectivity index (χ3n) is 4.77. The van der Waals surface area contributed by atoms with Crippen molar-refractivity contribution in [2.45, 2.75) is 4.90 Å². The van der Waals surface area contributed by atoms with E-state index in [0.717, 1.165) is 38.4 Å². The number of benzene rings is 1. The number of fused-ring (bicyclic) bond motifs is 1. The zero-order valence-electron chi connectivity index (χ0n) is 16.1. The lowest BCUT2D eigenvalue weighted by Crippen LogP contribution is -2.17. The third kappa shape index (κ3) is 3.07. The molecule has 0 bridgehead atoms. The first-order valence-electron chi connectivity index (χ1n) is 8.72. The number of hydrogen-bond donors (Lipinski definition) is 0. The highest BCUT2D eigenvalue weighted by molar-refractivity contribution is 7.98. The van der Waals surface area contributed by atoms with E-state index in [4.69, 9.17) is 4.74 Å². The number of nitrogens with zero attached hydrogens (tertiary/aromatic N) is 4. The molecule has 28 heavy (non-hydrogen) atoms. The maximum atomic E-state index is 12.7. The maximum Gasteiger partial charge on any atom is 0.259 e. The topological polar surface area (TPSA) is 61.9 Å². The number of hydrogen-bond acceptors (Lipinski definition) is 5. The van der Waals surface area contributed by atoms with Crippen LogP contribution in [0.3, 0.4) is 0 Å². The van der Waals surface area contributed by atoms with Gasteiger partial charge in [0.15, 0.2) is 0 Å². The second-order valence-corrected chi connectivity index (χ2v) is 7.42. The Morgan fingerprint density at radius 1 is 1.04 bits per heavy atom. The number of ether oxygens (including phenoxy) is 1. The summed E-state index contributed by atoms with van der Waals surface area (Å²) in [7, 11) is 5.28. The smallest absolute Gasteiger partial charge is 0.259 e. The number of rotatable bonds is 4. The average molecular weight is 392 g/mol. The molecule has 0 unspecified atom stereocenters. The number of thioether (sulfide) groups is 1. The molecule has 0 aliphatic rings. The highest BCUT2D eigenvalue weighted by atomic mass is 32.2. The van der Waals surface area contributed by atoms with E-state index in [-0.39, 0.29) is 5.56 Å². The van der Waals surface area contributed by atoms with Gasteiger partial charge in [-0.3, -0.25) is 14.5 Å². The van der Waals surface area contributed by atoms with Gasteiger partial charge in [0.1, 0.15) is 5.75 Å². The van der Waals surface area contributed by atoms with Crippen molar-refractivity contribution in [1.29, 1.82) is 0 Å². The van der Waals surface area contributed by atoms with Crippen LogP contribution < -0.4 is 10.3 Å². The Morgan fingerprint density at radius 3 is 2.54 bits per heavy atom. The van der Waals surface area contributed by atoms with E-state index in [2.05, 4.69) is 16.1 Å². The summed E-state index contributed by atoms with van der Waals surface area (Å²) in [5.74, 6) is 0.762. The lowest BCUT2D eigenvalue weighted by molar-refractivity contribution is 0.416. The van der Waals surface area contributed by atoms with Crippen molar-refractivity contribution < 1.29 is 4.74 Å². The Hall–Kier alpha value is -3.06. The van der Waals surface area contributed by atoms with Crippen LogP contribution in [0.15, 0.2) is 58.7 Å². The number of methoxy groups -OCH3 is 1. The Morgan fingerprint density at radius 2 is 1.86 bits per heavy atom. The van der Waals surface area contributed by atoms with Crippen molar-refractivity contribution in [3.63, 3.8) is 0 Å². The van der Waals surface area contributed by atoms with E-state index in [1.165, 1.54) is 0 Å².